The third-order valence-electron chi connectivity index (χ3n) is 5.20. The lowest BCUT2D eigenvalue weighted by Gasteiger charge is -2.20. The van der Waals surface area contributed by atoms with Crippen LogP contribution in [0.2, 0.25) is 0 Å². The van der Waals surface area contributed by atoms with Crippen LogP contribution in [-0.2, 0) is 0 Å². The van der Waals surface area contributed by atoms with Gasteiger partial charge in [-0.3, -0.25) is 9.78 Å². The maximum absolute atomic E-state index is 13.1. The highest BCUT2D eigenvalue weighted by atomic mass is 16.1. The van der Waals surface area contributed by atoms with Crippen molar-refractivity contribution in [1.82, 2.24) is 15.3 Å². The lowest BCUT2D eigenvalue weighted by molar-refractivity contribution is 0.0930. The first-order valence-corrected chi connectivity index (χ1v) is 9.07. The van der Waals surface area contributed by atoms with Gasteiger partial charge in [-0.1, -0.05) is 24.6 Å². The van der Waals surface area contributed by atoms with Crippen molar-refractivity contribution in [2.75, 3.05) is 6.54 Å². The minimum absolute atomic E-state index is 0.0564. The molecule has 0 bridgehead atoms. The van der Waals surface area contributed by atoms with Crippen LogP contribution < -0.4 is 11.1 Å². The van der Waals surface area contributed by atoms with Gasteiger partial charge in [0, 0.05) is 29.4 Å². The number of fused-ring (bicyclic) bond motifs is 1. The van der Waals surface area contributed by atoms with E-state index in [1.54, 1.807) is 12.4 Å². The standard InChI is InChI=1S/C21H22N4O/c22-12-14-5-3-9-18(14)25-21(26)17-11-20(15-6-4-10-23-13-15)24-19-8-2-1-7-16(17)19/h1-2,4,6-8,10-11,13-14,18H,3,5,9,12,22H2,(H,25,26). The molecule has 132 valence electrons. The molecule has 26 heavy (non-hydrogen) atoms. The summed E-state index contributed by atoms with van der Waals surface area (Å²) in [6, 6.07) is 13.6. The first-order chi connectivity index (χ1) is 12.8. The van der Waals surface area contributed by atoms with Crippen molar-refractivity contribution >= 4 is 16.8 Å². The van der Waals surface area contributed by atoms with Gasteiger partial charge in [0.1, 0.15) is 0 Å². The van der Waals surface area contributed by atoms with Gasteiger partial charge in [0.05, 0.1) is 16.8 Å². The van der Waals surface area contributed by atoms with E-state index in [1.807, 2.05) is 42.5 Å². The van der Waals surface area contributed by atoms with Gasteiger partial charge in [0.15, 0.2) is 0 Å². The summed E-state index contributed by atoms with van der Waals surface area (Å²) < 4.78 is 0. The Morgan fingerprint density at radius 3 is 2.88 bits per heavy atom. The van der Waals surface area contributed by atoms with E-state index < -0.39 is 0 Å². The van der Waals surface area contributed by atoms with Crippen LogP contribution in [0.1, 0.15) is 29.6 Å². The predicted molar refractivity (Wildman–Crippen MR) is 103 cm³/mol. The van der Waals surface area contributed by atoms with Gasteiger partial charge >= 0.3 is 0 Å². The largest absolute Gasteiger partial charge is 0.349 e. The van der Waals surface area contributed by atoms with Crippen molar-refractivity contribution in [3.05, 3.63) is 60.4 Å². The lowest BCUT2D eigenvalue weighted by atomic mass is 10.0. The Balaban J connectivity index is 1.74. The number of carbonyl (C=O) groups excluding carboxylic acids is 1. The van der Waals surface area contributed by atoms with E-state index in [-0.39, 0.29) is 11.9 Å². The third-order valence-corrected chi connectivity index (χ3v) is 5.20. The van der Waals surface area contributed by atoms with Crippen LogP contribution in [0.25, 0.3) is 22.2 Å². The maximum atomic E-state index is 13.1. The second-order valence-electron chi connectivity index (χ2n) is 6.82. The highest BCUT2D eigenvalue weighted by molar-refractivity contribution is 6.07. The van der Waals surface area contributed by atoms with Crippen LogP contribution in [0.4, 0.5) is 0 Å². The first kappa shape index (κ1) is 16.7. The molecule has 1 aromatic carbocycles. The van der Waals surface area contributed by atoms with Gasteiger partial charge in [0.25, 0.3) is 5.91 Å². The fourth-order valence-corrected chi connectivity index (χ4v) is 3.78. The highest BCUT2D eigenvalue weighted by Crippen LogP contribution is 2.27. The number of nitrogens with two attached hydrogens (primary N) is 1. The fourth-order valence-electron chi connectivity index (χ4n) is 3.78. The van der Waals surface area contributed by atoms with Crippen molar-refractivity contribution in [3.63, 3.8) is 0 Å². The molecule has 1 amide bonds. The SMILES string of the molecule is NCC1CCCC1NC(=O)c1cc(-c2cccnc2)nc2ccccc12. The summed E-state index contributed by atoms with van der Waals surface area (Å²) in [6.07, 6.45) is 6.68. The number of aromatic nitrogens is 2. The Bertz CT molecular complexity index is 926. The summed E-state index contributed by atoms with van der Waals surface area (Å²) in [5, 5.41) is 4.07. The van der Waals surface area contributed by atoms with E-state index in [0.29, 0.717) is 18.0 Å². The number of rotatable bonds is 4. The molecule has 1 aliphatic carbocycles. The Morgan fingerprint density at radius 1 is 1.19 bits per heavy atom. The molecule has 0 spiro atoms. The van der Waals surface area contributed by atoms with E-state index in [9.17, 15) is 4.79 Å². The Labute approximate surface area is 152 Å². The number of carbonyl (C=O) groups is 1. The average molecular weight is 346 g/mol. The van der Waals surface area contributed by atoms with Crippen molar-refractivity contribution < 1.29 is 4.79 Å². The molecule has 5 nitrogen and oxygen atoms in total. The summed E-state index contributed by atoms with van der Waals surface area (Å²) in [5.74, 6) is 0.309. The molecule has 5 heteroatoms. The second kappa shape index (κ2) is 7.22. The molecule has 0 aliphatic heterocycles. The van der Waals surface area contributed by atoms with Crippen molar-refractivity contribution in [3.8, 4) is 11.3 Å². The molecule has 2 atom stereocenters. The van der Waals surface area contributed by atoms with Crippen LogP contribution in [-0.4, -0.2) is 28.5 Å². The van der Waals surface area contributed by atoms with E-state index in [1.165, 1.54) is 0 Å². The van der Waals surface area contributed by atoms with E-state index >= 15 is 0 Å². The van der Waals surface area contributed by atoms with Crippen LogP contribution in [0, 0.1) is 5.92 Å². The molecule has 3 N–H and O–H groups in total. The quantitative estimate of drug-likeness (QED) is 0.760. The van der Waals surface area contributed by atoms with E-state index in [2.05, 4.69) is 10.3 Å². The molecule has 2 heterocycles. The number of nitrogens with one attached hydrogen (secondary N) is 1. The molecular weight excluding hydrogens is 324 g/mol. The zero-order valence-corrected chi connectivity index (χ0v) is 14.6. The normalized spacial score (nSPS) is 19.6. The zero-order chi connectivity index (χ0) is 17.9. The molecule has 1 aliphatic rings. The predicted octanol–water partition coefficient (Wildman–Crippen LogP) is 3.15. The topological polar surface area (TPSA) is 80.9 Å². The molecule has 0 saturated heterocycles. The van der Waals surface area contributed by atoms with Crippen molar-refractivity contribution in [2.24, 2.45) is 11.7 Å². The van der Waals surface area contributed by atoms with Gasteiger partial charge < -0.3 is 11.1 Å². The molecule has 3 aromatic rings. The number of benzene rings is 1. The number of pyridine rings is 2. The van der Waals surface area contributed by atoms with Gasteiger partial charge in [-0.05, 0) is 49.6 Å². The van der Waals surface area contributed by atoms with Crippen LogP contribution in [0.3, 0.4) is 0 Å². The van der Waals surface area contributed by atoms with Crippen molar-refractivity contribution in [1.29, 1.82) is 0 Å². The van der Waals surface area contributed by atoms with Crippen LogP contribution >= 0.6 is 0 Å². The number of amides is 1. The molecular formula is C21H22N4O. The lowest BCUT2D eigenvalue weighted by Crippen LogP contribution is -2.40. The summed E-state index contributed by atoms with van der Waals surface area (Å²) >= 11 is 0. The number of nitrogens with zero attached hydrogens (tertiary/aromatic N) is 2. The molecule has 4 rings (SSSR count). The third kappa shape index (κ3) is 3.18. The smallest absolute Gasteiger partial charge is 0.252 e. The summed E-state index contributed by atoms with van der Waals surface area (Å²) in [7, 11) is 0. The Kier molecular flexibility index (Phi) is 4.63. The Morgan fingerprint density at radius 2 is 2.08 bits per heavy atom. The van der Waals surface area contributed by atoms with Gasteiger partial charge in [0.2, 0.25) is 0 Å². The van der Waals surface area contributed by atoms with Crippen LogP contribution in [0.5, 0.6) is 0 Å². The number of hydrogen-bond donors (Lipinski definition) is 2. The molecule has 1 fully saturated rings. The maximum Gasteiger partial charge on any atom is 0.252 e. The fraction of sp³-hybridized carbons (Fsp3) is 0.286. The summed E-state index contributed by atoms with van der Waals surface area (Å²) in [5.41, 5.74) is 8.97. The van der Waals surface area contributed by atoms with E-state index in [0.717, 1.165) is 41.4 Å². The second-order valence-corrected chi connectivity index (χ2v) is 6.82. The van der Waals surface area contributed by atoms with E-state index in [4.69, 9.17) is 10.7 Å². The van der Waals surface area contributed by atoms with Gasteiger partial charge in [-0.2, -0.15) is 0 Å². The minimum atomic E-state index is -0.0564. The summed E-state index contributed by atoms with van der Waals surface area (Å²) in [4.78, 5) is 21.9. The summed E-state index contributed by atoms with van der Waals surface area (Å²) in [6.45, 7) is 0.614. The minimum Gasteiger partial charge on any atom is -0.349 e. The molecule has 1 saturated carbocycles. The first-order valence-electron chi connectivity index (χ1n) is 9.07. The monoisotopic (exact) mass is 346 g/mol. The van der Waals surface area contributed by atoms with Gasteiger partial charge in [-0.25, -0.2) is 4.98 Å². The van der Waals surface area contributed by atoms with Crippen molar-refractivity contribution in [2.45, 2.75) is 25.3 Å². The number of hydrogen-bond acceptors (Lipinski definition) is 4. The number of para-hydroxylation sites is 1. The molecule has 0 radical (unpaired) electrons. The van der Waals surface area contributed by atoms with Gasteiger partial charge in [-0.15, -0.1) is 0 Å². The molecule has 2 aromatic heterocycles. The zero-order valence-electron chi connectivity index (χ0n) is 14.6. The molecule has 2 unspecified atom stereocenters. The highest BCUT2D eigenvalue weighted by Gasteiger charge is 2.28. The van der Waals surface area contributed by atoms with Crippen LogP contribution in [0.15, 0.2) is 54.9 Å². The average Bonchev–Trinajstić information content (AvgIpc) is 3.14. The Hall–Kier alpha value is -2.79.